The van der Waals surface area contributed by atoms with E-state index in [0.29, 0.717) is 28.6 Å². The summed E-state index contributed by atoms with van der Waals surface area (Å²) < 4.78 is 6.62. The van der Waals surface area contributed by atoms with E-state index in [9.17, 15) is 0 Å². The topological polar surface area (TPSA) is 51.8 Å². The van der Waals surface area contributed by atoms with E-state index in [1.807, 2.05) is 30.0 Å². The molecule has 5 heteroatoms. The number of para-hydroxylation sites is 1. The lowest BCUT2D eigenvalue weighted by atomic mass is 9.86. The Bertz CT molecular complexity index is 2950. The number of fused-ring (bicyclic) bond motifs is 6. The number of furan rings is 1. The van der Waals surface area contributed by atoms with Gasteiger partial charge in [0.25, 0.3) is 0 Å². The molecule has 0 saturated heterocycles. The minimum Gasteiger partial charge on any atom is -0.456 e. The van der Waals surface area contributed by atoms with Crippen molar-refractivity contribution >= 4 is 39.3 Å². The molecule has 2 atom stereocenters. The number of hydrogen-bond donors (Lipinski definition) is 0. The fourth-order valence-electron chi connectivity index (χ4n) is 8.40. The van der Waals surface area contributed by atoms with Gasteiger partial charge in [-0.2, -0.15) is 0 Å². The number of rotatable bonds is 6. The molecule has 0 saturated carbocycles. The lowest BCUT2D eigenvalue weighted by molar-refractivity contribution is 0.669. The van der Waals surface area contributed by atoms with Crippen LogP contribution < -0.4 is 0 Å². The molecule has 3 heterocycles. The lowest BCUT2D eigenvalue weighted by Gasteiger charge is -2.18. The number of nitrogens with zero attached hydrogens (tertiary/aromatic N) is 3. The van der Waals surface area contributed by atoms with E-state index in [0.717, 1.165) is 68.2 Å². The zero-order valence-corrected chi connectivity index (χ0v) is 31.3. The van der Waals surface area contributed by atoms with Crippen molar-refractivity contribution in [2.75, 3.05) is 0 Å². The van der Waals surface area contributed by atoms with Gasteiger partial charge in [0.1, 0.15) is 11.2 Å². The fraction of sp³-hybridized carbons (Fsp3) is 0.0784. The van der Waals surface area contributed by atoms with E-state index < -0.39 is 0 Å². The van der Waals surface area contributed by atoms with Crippen molar-refractivity contribution in [3.05, 3.63) is 187 Å². The summed E-state index contributed by atoms with van der Waals surface area (Å²) in [5.74, 6) is 2.28. The van der Waals surface area contributed by atoms with Crippen molar-refractivity contribution in [3.8, 4) is 56.2 Å². The normalized spacial score (nSPS) is 17.0. The van der Waals surface area contributed by atoms with Gasteiger partial charge in [0, 0.05) is 43.5 Å². The van der Waals surface area contributed by atoms with Gasteiger partial charge in [-0.25, -0.2) is 15.0 Å². The maximum absolute atomic E-state index is 6.62. The second-order valence-electron chi connectivity index (χ2n) is 14.6. The van der Waals surface area contributed by atoms with E-state index >= 15 is 0 Å². The van der Waals surface area contributed by atoms with Crippen LogP contribution in [0.15, 0.2) is 185 Å². The molecular formula is C51H35N3OS. The van der Waals surface area contributed by atoms with Crippen LogP contribution in [0.5, 0.6) is 0 Å². The molecule has 11 rings (SSSR count). The highest BCUT2D eigenvalue weighted by Crippen LogP contribution is 2.52. The van der Waals surface area contributed by atoms with Crippen molar-refractivity contribution in [2.45, 2.75) is 28.9 Å². The molecule has 0 radical (unpaired) electrons. The Balaban J connectivity index is 1.08. The zero-order valence-electron chi connectivity index (χ0n) is 30.5. The Morgan fingerprint density at radius 2 is 1.25 bits per heavy atom. The van der Waals surface area contributed by atoms with Gasteiger partial charge in [-0.05, 0) is 82.1 Å². The molecule has 0 bridgehead atoms. The van der Waals surface area contributed by atoms with Crippen LogP contribution in [0.4, 0.5) is 0 Å². The van der Waals surface area contributed by atoms with E-state index in [1.54, 1.807) is 0 Å². The predicted octanol–water partition coefficient (Wildman–Crippen LogP) is 13.5. The quantitative estimate of drug-likeness (QED) is 0.170. The SMILES string of the molecule is C1=CC2Sc3cccc(-c4cccc(-c5cc(-c6nc(C7=CCCC=C7)nc(-c7ccc(-c8ccccc8)cc7)n6)cc6oc7ccccc7c56)c4)c3C2C=C1. The molecule has 0 spiro atoms. The second-order valence-corrected chi connectivity index (χ2v) is 15.8. The highest BCUT2D eigenvalue weighted by Gasteiger charge is 2.33. The Labute approximate surface area is 329 Å². The standard InChI is InChI=1S/C51H35N3OS/c1-3-13-32(14-4-1)33-25-27-35(28-26-33)50-52-49(34-15-5-2-6-16-34)53-51(54-50)38-30-42(47-40-19-7-9-22-43(40)55-44(47)31-38)37-18-11-17-36(29-37)39-21-12-24-46-48(39)41-20-8-10-23-45(41)56-46/h1,3-5,7-31,41,45H,2,6H2. The van der Waals surface area contributed by atoms with Crippen molar-refractivity contribution in [3.63, 3.8) is 0 Å². The molecule has 2 aliphatic carbocycles. The molecule has 266 valence electrons. The number of hydrogen-bond acceptors (Lipinski definition) is 5. The minimum atomic E-state index is 0.364. The number of aromatic nitrogens is 3. The van der Waals surface area contributed by atoms with E-state index in [2.05, 4.69) is 158 Å². The highest BCUT2D eigenvalue weighted by molar-refractivity contribution is 8.00. The van der Waals surface area contributed by atoms with Crippen LogP contribution in [0.3, 0.4) is 0 Å². The lowest BCUT2D eigenvalue weighted by Crippen LogP contribution is -2.07. The molecule has 2 aromatic heterocycles. The third-order valence-corrected chi connectivity index (χ3v) is 12.4. The molecule has 8 aromatic rings. The van der Waals surface area contributed by atoms with Gasteiger partial charge in [-0.15, -0.1) is 11.8 Å². The van der Waals surface area contributed by atoms with Gasteiger partial charge >= 0.3 is 0 Å². The molecule has 2 unspecified atom stereocenters. The van der Waals surface area contributed by atoms with E-state index in [4.69, 9.17) is 19.4 Å². The van der Waals surface area contributed by atoms with Gasteiger partial charge in [-0.3, -0.25) is 0 Å². The summed E-state index contributed by atoms with van der Waals surface area (Å²) in [5, 5.41) is 2.60. The smallest absolute Gasteiger partial charge is 0.164 e. The molecule has 4 nitrogen and oxygen atoms in total. The third kappa shape index (κ3) is 5.75. The summed E-state index contributed by atoms with van der Waals surface area (Å²) in [6.07, 6.45) is 17.6. The maximum atomic E-state index is 6.62. The van der Waals surface area contributed by atoms with Gasteiger partial charge in [0.05, 0.1) is 0 Å². The summed E-state index contributed by atoms with van der Waals surface area (Å²) in [6.45, 7) is 0. The number of benzene rings is 6. The summed E-state index contributed by atoms with van der Waals surface area (Å²) in [5.41, 5.74) is 12.9. The fourth-order valence-corrected chi connectivity index (χ4v) is 9.77. The van der Waals surface area contributed by atoms with E-state index in [1.165, 1.54) is 27.1 Å². The average Bonchev–Trinajstić information content (AvgIpc) is 3.85. The molecule has 6 aromatic carbocycles. The number of thioether (sulfide) groups is 1. The average molecular weight is 738 g/mol. The van der Waals surface area contributed by atoms with Crippen LogP contribution in [0.1, 0.15) is 30.1 Å². The zero-order chi connectivity index (χ0) is 37.0. The van der Waals surface area contributed by atoms with E-state index in [-0.39, 0.29) is 0 Å². The molecule has 0 amide bonds. The molecule has 1 aliphatic heterocycles. The summed E-state index contributed by atoms with van der Waals surface area (Å²) in [6, 6.07) is 47.3. The van der Waals surface area contributed by atoms with Crippen molar-refractivity contribution in [2.24, 2.45) is 0 Å². The summed E-state index contributed by atoms with van der Waals surface area (Å²) in [4.78, 5) is 16.8. The van der Waals surface area contributed by atoms with Gasteiger partial charge in [0.2, 0.25) is 0 Å². The van der Waals surface area contributed by atoms with Crippen LogP contribution in [0.2, 0.25) is 0 Å². The second kappa shape index (κ2) is 13.6. The Morgan fingerprint density at radius 1 is 0.536 bits per heavy atom. The monoisotopic (exact) mass is 737 g/mol. The van der Waals surface area contributed by atoms with Gasteiger partial charge < -0.3 is 4.42 Å². The minimum absolute atomic E-state index is 0.364. The molecule has 3 aliphatic rings. The van der Waals surface area contributed by atoms with Crippen molar-refractivity contribution in [1.29, 1.82) is 0 Å². The van der Waals surface area contributed by atoms with Crippen LogP contribution in [0, 0.1) is 0 Å². The Kier molecular flexibility index (Phi) is 7.99. The maximum Gasteiger partial charge on any atom is 0.164 e. The van der Waals surface area contributed by atoms with Crippen LogP contribution >= 0.6 is 11.8 Å². The molecular weight excluding hydrogens is 703 g/mol. The van der Waals surface area contributed by atoms with Crippen LogP contribution in [0.25, 0.3) is 83.7 Å². The van der Waals surface area contributed by atoms with Gasteiger partial charge in [-0.1, -0.05) is 146 Å². The third-order valence-electron chi connectivity index (χ3n) is 11.1. The summed E-state index contributed by atoms with van der Waals surface area (Å²) >= 11 is 1.97. The first kappa shape index (κ1) is 32.8. The Hall–Kier alpha value is -6.56. The predicted molar refractivity (Wildman–Crippen MR) is 231 cm³/mol. The van der Waals surface area contributed by atoms with Crippen molar-refractivity contribution < 1.29 is 4.42 Å². The highest BCUT2D eigenvalue weighted by atomic mass is 32.2. The largest absolute Gasteiger partial charge is 0.456 e. The molecule has 0 N–H and O–H groups in total. The first-order chi connectivity index (χ1) is 27.7. The van der Waals surface area contributed by atoms with Gasteiger partial charge in [0.15, 0.2) is 17.5 Å². The molecule has 0 fully saturated rings. The first-order valence-corrected chi connectivity index (χ1v) is 20.1. The summed E-state index contributed by atoms with van der Waals surface area (Å²) in [7, 11) is 0. The van der Waals surface area contributed by atoms with Crippen LogP contribution in [-0.2, 0) is 0 Å². The Morgan fingerprint density at radius 3 is 2.11 bits per heavy atom. The number of allylic oxidation sites excluding steroid dienone is 7. The van der Waals surface area contributed by atoms with Crippen LogP contribution in [-0.4, -0.2) is 20.2 Å². The molecule has 56 heavy (non-hydrogen) atoms. The van der Waals surface area contributed by atoms with Crippen molar-refractivity contribution in [1.82, 2.24) is 15.0 Å². The first-order valence-electron chi connectivity index (χ1n) is 19.2.